The molecule has 0 bridgehead atoms. The number of hydrogen-bond acceptors (Lipinski definition) is 7. The van der Waals surface area contributed by atoms with Crippen molar-refractivity contribution in [3.05, 3.63) is 46.5 Å². The molecule has 0 aromatic heterocycles. The number of carbonyl (C=O) groups excluding carboxylic acids is 2. The highest BCUT2D eigenvalue weighted by Crippen LogP contribution is 2.43. The van der Waals surface area contributed by atoms with E-state index in [1.807, 2.05) is 45.0 Å². The number of fused-ring (bicyclic) bond motifs is 1. The van der Waals surface area contributed by atoms with E-state index in [9.17, 15) is 19.8 Å². The van der Waals surface area contributed by atoms with Crippen LogP contribution in [-0.2, 0) is 16.0 Å². The standard InChI is InChI=1S/C28H37N3O6/c1-17-18(2)25-20(19(3)24(17)33)10-11-28(4,37-25)27(35)29-21(16-32)26(34)31-14-12-30(13-15-31)22-8-6-7-9-23(22)36-5/h6-9,21,32-33H,10-16H2,1-5H3,(H,29,35)/t21-,28?/m0/s1. The number of aliphatic hydroxyl groups is 1. The summed E-state index contributed by atoms with van der Waals surface area (Å²) in [5, 5.41) is 23.2. The second kappa shape index (κ2) is 10.5. The van der Waals surface area contributed by atoms with Crippen molar-refractivity contribution in [1.82, 2.24) is 10.2 Å². The molecular weight excluding hydrogens is 474 g/mol. The largest absolute Gasteiger partial charge is 0.507 e. The topological polar surface area (TPSA) is 112 Å². The van der Waals surface area contributed by atoms with Gasteiger partial charge in [0.05, 0.1) is 19.4 Å². The van der Waals surface area contributed by atoms with Gasteiger partial charge in [-0.25, -0.2) is 0 Å². The Hall–Kier alpha value is -3.46. The molecule has 0 radical (unpaired) electrons. The van der Waals surface area contributed by atoms with E-state index in [0.717, 1.165) is 33.7 Å². The number of ether oxygens (including phenoxy) is 2. The molecule has 1 saturated heterocycles. The van der Waals surface area contributed by atoms with Crippen molar-refractivity contribution in [3.63, 3.8) is 0 Å². The smallest absolute Gasteiger partial charge is 0.264 e. The number of methoxy groups -OCH3 is 1. The number of nitrogens with zero attached hydrogens (tertiary/aromatic N) is 2. The second-order valence-electron chi connectivity index (χ2n) is 10.1. The third kappa shape index (κ3) is 4.92. The maximum absolute atomic E-state index is 13.4. The number of hydrogen-bond donors (Lipinski definition) is 3. The Morgan fingerprint density at radius 3 is 2.43 bits per heavy atom. The molecule has 2 aliphatic rings. The molecule has 1 fully saturated rings. The summed E-state index contributed by atoms with van der Waals surface area (Å²) >= 11 is 0. The number of nitrogens with one attached hydrogen (secondary N) is 1. The predicted molar refractivity (Wildman–Crippen MR) is 140 cm³/mol. The average molecular weight is 512 g/mol. The van der Waals surface area contributed by atoms with E-state index in [2.05, 4.69) is 10.2 Å². The molecule has 0 saturated carbocycles. The van der Waals surface area contributed by atoms with Crippen LogP contribution in [-0.4, -0.2) is 78.5 Å². The molecule has 2 atom stereocenters. The molecule has 0 spiro atoms. The molecule has 4 rings (SSSR count). The molecule has 2 heterocycles. The summed E-state index contributed by atoms with van der Waals surface area (Å²) in [6.07, 6.45) is 0.945. The Bertz CT molecular complexity index is 1190. The Balaban J connectivity index is 1.42. The van der Waals surface area contributed by atoms with Crippen molar-refractivity contribution in [2.75, 3.05) is 44.8 Å². The van der Waals surface area contributed by atoms with Gasteiger partial charge in [0.2, 0.25) is 5.91 Å². The van der Waals surface area contributed by atoms with Gasteiger partial charge in [0.1, 0.15) is 23.3 Å². The predicted octanol–water partition coefficient (Wildman–Crippen LogP) is 2.24. The number of amides is 2. The van der Waals surface area contributed by atoms with Gasteiger partial charge < -0.3 is 34.8 Å². The highest BCUT2D eigenvalue weighted by atomic mass is 16.5. The monoisotopic (exact) mass is 511 g/mol. The zero-order valence-corrected chi connectivity index (χ0v) is 22.3. The van der Waals surface area contributed by atoms with Crippen LogP contribution in [0.1, 0.15) is 35.6 Å². The lowest BCUT2D eigenvalue weighted by Crippen LogP contribution is -2.60. The minimum atomic E-state index is -1.20. The first-order valence-electron chi connectivity index (χ1n) is 12.7. The Morgan fingerprint density at radius 2 is 1.78 bits per heavy atom. The number of carbonyl (C=O) groups is 2. The maximum atomic E-state index is 13.4. The Kier molecular flexibility index (Phi) is 7.54. The molecule has 9 nitrogen and oxygen atoms in total. The minimum Gasteiger partial charge on any atom is -0.507 e. The summed E-state index contributed by atoms with van der Waals surface area (Å²) in [6, 6.07) is 6.70. The number of aromatic hydroxyl groups is 1. The lowest BCUT2D eigenvalue weighted by molar-refractivity contribution is -0.144. The number of para-hydroxylation sites is 2. The van der Waals surface area contributed by atoms with Crippen molar-refractivity contribution in [1.29, 1.82) is 0 Å². The quantitative estimate of drug-likeness (QED) is 0.545. The third-order valence-corrected chi connectivity index (χ3v) is 7.80. The molecule has 0 aliphatic carbocycles. The molecule has 2 amide bonds. The van der Waals surface area contributed by atoms with Crippen molar-refractivity contribution < 1.29 is 29.3 Å². The number of piperazine rings is 1. The zero-order chi connectivity index (χ0) is 26.9. The van der Waals surface area contributed by atoms with E-state index in [4.69, 9.17) is 9.47 Å². The summed E-state index contributed by atoms with van der Waals surface area (Å²) in [4.78, 5) is 30.4. The summed E-state index contributed by atoms with van der Waals surface area (Å²) in [5.41, 5.74) is 2.94. The highest BCUT2D eigenvalue weighted by molar-refractivity contribution is 5.92. The van der Waals surface area contributed by atoms with Crippen LogP contribution in [0.25, 0.3) is 0 Å². The molecule has 1 unspecified atom stereocenters. The van der Waals surface area contributed by atoms with Gasteiger partial charge in [-0.05, 0) is 62.9 Å². The average Bonchev–Trinajstić information content (AvgIpc) is 2.93. The van der Waals surface area contributed by atoms with Crippen molar-refractivity contribution in [2.24, 2.45) is 0 Å². The normalized spacial score (nSPS) is 20.1. The molecule has 2 aromatic rings. The van der Waals surface area contributed by atoms with Crippen LogP contribution in [0.15, 0.2) is 24.3 Å². The van der Waals surface area contributed by atoms with Crippen molar-refractivity contribution >= 4 is 17.5 Å². The maximum Gasteiger partial charge on any atom is 0.264 e. The molecule has 200 valence electrons. The summed E-state index contributed by atoms with van der Waals surface area (Å²) in [5.74, 6) is 0.880. The molecule has 9 heteroatoms. The lowest BCUT2D eigenvalue weighted by Gasteiger charge is -2.39. The second-order valence-corrected chi connectivity index (χ2v) is 10.1. The highest BCUT2D eigenvalue weighted by Gasteiger charge is 2.42. The van der Waals surface area contributed by atoms with Crippen LogP contribution in [0.4, 0.5) is 5.69 Å². The Morgan fingerprint density at radius 1 is 1.11 bits per heavy atom. The number of anilines is 1. The molecule has 2 aromatic carbocycles. The number of rotatable bonds is 6. The van der Waals surface area contributed by atoms with Gasteiger partial charge in [0.25, 0.3) is 5.91 Å². The number of phenols is 1. The first kappa shape index (κ1) is 26.6. The fourth-order valence-electron chi connectivity index (χ4n) is 5.18. The van der Waals surface area contributed by atoms with Gasteiger partial charge >= 0.3 is 0 Å². The van der Waals surface area contributed by atoms with Crippen LogP contribution >= 0.6 is 0 Å². The van der Waals surface area contributed by atoms with Crippen LogP contribution in [0.3, 0.4) is 0 Å². The van der Waals surface area contributed by atoms with Crippen molar-refractivity contribution in [3.8, 4) is 17.2 Å². The lowest BCUT2D eigenvalue weighted by atomic mass is 9.86. The first-order valence-corrected chi connectivity index (χ1v) is 12.7. The van der Waals surface area contributed by atoms with Crippen molar-refractivity contribution in [2.45, 2.75) is 52.2 Å². The van der Waals surface area contributed by atoms with E-state index in [0.29, 0.717) is 44.8 Å². The molecule has 2 aliphatic heterocycles. The van der Waals surface area contributed by atoms with Crippen LogP contribution in [0.5, 0.6) is 17.2 Å². The molecular formula is C28H37N3O6. The summed E-state index contributed by atoms with van der Waals surface area (Å²) < 4.78 is 11.7. The number of aliphatic hydroxyl groups excluding tert-OH is 1. The number of benzene rings is 2. The van der Waals surface area contributed by atoms with Crippen LogP contribution in [0.2, 0.25) is 0 Å². The third-order valence-electron chi connectivity index (χ3n) is 7.80. The van der Waals surface area contributed by atoms with E-state index >= 15 is 0 Å². The fraction of sp³-hybridized carbons (Fsp3) is 0.500. The summed E-state index contributed by atoms with van der Waals surface area (Å²) in [6.45, 7) is 8.88. The van der Waals surface area contributed by atoms with Gasteiger partial charge in [0, 0.05) is 38.2 Å². The SMILES string of the molecule is COc1ccccc1N1CCN(C(=O)[C@H](CO)NC(=O)C2(C)CCc3c(C)c(O)c(C)c(C)c3O2)CC1. The zero-order valence-electron chi connectivity index (χ0n) is 22.3. The number of phenolic OH excluding ortho intramolecular Hbond substituents is 1. The van der Waals surface area contributed by atoms with Gasteiger partial charge in [-0.1, -0.05) is 12.1 Å². The van der Waals surface area contributed by atoms with Gasteiger partial charge in [-0.15, -0.1) is 0 Å². The van der Waals surface area contributed by atoms with E-state index in [-0.39, 0.29) is 11.7 Å². The molecule has 3 N–H and O–H groups in total. The fourth-order valence-corrected chi connectivity index (χ4v) is 5.18. The Labute approximate surface area is 218 Å². The van der Waals surface area contributed by atoms with Gasteiger partial charge in [-0.2, -0.15) is 0 Å². The van der Waals surface area contributed by atoms with E-state index in [1.54, 1.807) is 18.9 Å². The van der Waals surface area contributed by atoms with Gasteiger partial charge in [-0.3, -0.25) is 9.59 Å². The van der Waals surface area contributed by atoms with E-state index in [1.165, 1.54) is 0 Å². The molecule has 37 heavy (non-hydrogen) atoms. The van der Waals surface area contributed by atoms with Gasteiger partial charge in [0.15, 0.2) is 5.60 Å². The van der Waals surface area contributed by atoms with Crippen LogP contribution < -0.4 is 19.7 Å². The van der Waals surface area contributed by atoms with Crippen LogP contribution in [0, 0.1) is 20.8 Å². The minimum absolute atomic E-state index is 0.254. The van der Waals surface area contributed by atoms with E-state index < -0.39 is 24.2 Å². The summed E-state index contributed by atoms with van der Waals surface area (Å²) in [7, 11) is 1.63. The first-order chi connectivity index (χ1) is 17.6.